The Morgan fingerprint density at radius 2 is 2.16 bits per heavy atom. The molecule has 2 heterocycles. The lowest BCUT2D eigenvalue weighted by atomic mass is 10.2. The first kappa shape index (κ1) is 17.4. The molecule has 3 aromatic rings. The average Bonchev–Trinajstić information content (AvgIpc) is 3.30. The molecule has 1 amide bonds. The van der Waals surface area contributed by atoms with Crippen LogP contribution in [0.3, 0.4) is 0 Å². The van der Waals surface area contributed by atoms with E-state index in [0.29, 0.717) is 23.3 Å². The number of hydrogen-bond acceptors (Lipinski definition) is 5. The van der Waals surface area contributed by atoms with Gasteiger partial charge in [-0.05, 0) is 36.1 Å². The van der Waals surface area contributed by atoms with E-state index in [-0.39, 0.29) is 12.5 Å². The molecule has 0 aliphatic rings. The van der Waals surface area contributed by atoms with Crippen molar-refractivity contribution in [2.24, 2.45) is 0 Å². The third kappa shape index (κ3) is 4.35. The Bertz CT molecular complexity index is 874. The Morgan fingerprint density at radius 3 is 2.88 bits per heavy atom. The van der Waals surface area contributed by atoms with Crippen LogP contribution in [0, 0.1) is 0 Å². The van der Waals surface area contributed by atoms with Gasteiger partial charge in [0.2, 0.25) is 17.6 Å². The smallest absolute Gasteiger partial charge is 0.247 e. The van der Waals surface area contributed by atoms with Crippen molar-refractivity contribution in [1.29, 1.82) is 0 Å². The van der Waals surface area contributed by atoms with Crippen molar-refractivity contribution >= 4 is 34.9 Å². The van der Waals surface area contributed by atoms with Gasteiger partial charge >= 0.3 is 0 Å². The summed E-state index contributed by atoms with van der Waals surface area (Å²) in [5.41, 5.74) is 0.798. The maximum atomic E-state index is 12.4. The molecule has 0 spiro atoms. The molecule has 0 unspecified atom stereocenters. The van der Waals surface area contributed by atoms with Gasteiger partial charge in [0, 0.05) is 17.6 Å². The van der Waals surface area contributed by atoms with E-state index < -0.39 is 0 Å². The number of likely N-dealkylation sites (N-methyl/N-ethyl adjacent to an activating group) is 1. The summed E-state index contributed by atoms with van der Waals surface area (Å²) in [6.07, 6.45) is 3.21. The summed E-state index contributed by atoms with van der Waals surface area (Å²) in [7, 11) is 0. The van der Waals surface area contributed by atoms with Gasteiger partial charge in [0.15, 0.2) is 0 Å². The van der Waals surface area contributed by atoms with Gasteiger partial charge in [-0.2, -0.15) is 4.98 Å². The molecule has 0 saturated heterocycles. The highest BCUT2D eigenvalue weighted by atomic mass is 35.5. The number of aromatic nitrogens is 2. The van der Waals surface area contributed by atoms with Crippen LogP contribution in [0.25, 0.3) is 16.8 Å². The lowest BCUT2D eigenvalue weighted by molar-refractivity contribution is -0.126. The molecule has 0 saturated carbocycles. The van der Waals surface area contributed by atoms with E-state index in [1.807, 2.05) is 42.6 Å². The fraction of sp³-hybridized carbons (Fsp3) is 0.167. The van der Waals surface area contributed by atoms with E-state index in [1.54, 1.807) is 17.0 Å². The summed E-state index contributed by atoms with van der Waals surface area (Å²) in [4.78, 5) is 19.3. The van der Waals surface area contributed by atoms with Gasteiger partial charge in [-0.3, -0.25) is 4.79 Å². The molecule has 7 heteroatoms. The highest BCUT2D eigenvalue weighted by molar-refractivity contribution is 7.13. The average molecular weight is 374 g/mol. The first-order chi connectivity index (χ1) is 12.2. The number of thiophene rings is 1. The summed E-state index contributed by atoms with van der Waals surface area (Å²) >= 11 is 7.63. The van der Waals surface area contributed by atoms with Crippen LogP contribution < -0.4 is 0 Å². The molecule has 25 heavy (non-hydrogen) atoms. The van der Waals surface area contributed by atoms with E-state index in [0.717, 1.165) is 10.4 Å². The monoisotopic (exact) mass is 373 g/mol. The lowest BCUT2D eigenvalue weighted by Gasteiger charge is -2.16. The molecule has 3 rings (SSSR count). The normalized spacial score (nSPS) is 11.1. The van der Waals surface area contributed by atoms with Gasteiger partial charge in [-0.15, -0.1) is 11.3 Å². The van der Waals surface area contributed by atoms with Gasteiger partial charge in [0.1, 0.15) is 6.54 Å². The lowest BCUT2D eigenvalue weighted by Crippen LogP contribution is -2.28. The summed E-state index contributed by atoms with van der Waals surface area (Å²) in [5.74, 6) is 0.808. The molecule has 0 fully saturated rings. The Labute approximate surface area is 154 Å². The Kier molecular flexibility index (Phi) is 5.63. The molecule has 128 valence electrons. The van der Waals surface area contributed by atoms with Crippen LogP contribution in [-0.2, 0) is 11.3 Å². The zero-order valence-electron chi connectivity index (χ0n) is 13.6. The first-order valence-electron chi connectivity index (χ1n) is 7.75. The fourth-order valence-electron chi connectivity index (χ4n) is 2.21. The van der Waals surface area contributed by atoms with Crippen LogP contribution >= 0.6 is 22.9 Å². The second kappa shape index (κ2) is 8.09. The van der Waals surface area contributed by atoms with Crippen molar-refractivity contribution in [2.45, 2.75) is 13.5 Å². The first-order valence-corrected chi connectivity index (χ1v) is 9.01. The maximum absolute atomic E-state index is 12.4. The largest absolute Gasteiger partial charge is 0.337 e. The third-order valence-corrected chi connectivity index (χ3v) is 4.75. The van der Waals surface area contributed by atoms with Crippen LogP contribution in [0.15, 0.2) is 52.4 Å². The van der Waals surface area contributed by atoms with Gasteiger partial charge < -0.3 is 9.42 Å². The zero-order valence-corrected chi connectivity index (χ0v) is 15.1. The Morgan fingerprint density at radius 1 is 1.32 bits per heavy atom. The fourth-order valence-corrected chi connectivity index (χ4v) is 3.06. The molecule has 0 bridgehead atoms. The molecule has 0 aliphatic carbocycles. The van der Waals surface area contributed by atoms with Crippen molar-refractivity contribution in [3.8, 4) is 10.7 Å². The molecule has 2 aromatic heterocycles. The molecule has 0 radical (unpaired) electrons. The predicted molar refractivity (Wildman–Crippen MR) is 99.2 cm³/mol. The standard InChI is InChI=1S/C18H16ClN3O2S/c1-2-22(17(23)10-9-13-6-3-4-7-14(13)19)12-16-20-18(21-24-16)15-8-5-11-25-15/h3-11H,2,12H2,1H3/b10-9+. The summed E-state index contributed by atoms with van der Waals surface area (Å²) in [6, 6.07) is 11.2. The number of carbonyl (C=O) groups excluding carboxylic acids is 1. The number of amides is 1. The van der Waals surface area contributed by atoms with Crippen molar-refractivity contribution in [3.63, 3.8) is 0 Å². The summed E-state index contributed by atoms with van der Waals surface area (Å²) < 4.78 is 5.26. The Hall–Kier alpha value is -2.44. The SMILES string of the molecule is CCN(Cc1nc(-c2cccs2)no1)C(=O)/C=C/c1ccccc1Cl. The van der Waals surface area contributed by atoms with Crippen LogP contribution in [0.4, 0.5) is 0 Å². The number of hydrogen-bond donors (Lipinski definition) is 0. The highest BCUT2D eigenvalue weighted by Gasteiger charge is 2.15. The highest BCUT2D eigenvalue weighted by Crippen LogP contribution is 2.21. The summed E-state index contributed by atoms with van der Waals surface area (Å²) in [6.45, 7) is 2.70. The van der Waals surface area contributed by atoms with Gasteiger partial charge in [-0.1, -0.05) is 41.0 Å². The van der Waals surface area contributed by atoms with Crippen LogP contribution in [0.2, 0.25) is 5.02 Å². The van der Waals surface area contributed by atoms with Crippen LogP contribution in [0.5, 0.6) is 0 Å². The minimum absolute atomic E-state index is 0.140. The number of benzene rings is 1. The van der Waals surface area contributed by atoms with E-state index in [4.69, 9.17) is 16.1 Å². The van der Waals surface area contributed by atoms with Crippen molar-refractivity contribution in [2.75, 3.05) is 6.54 Å². The van der Waals surface area contributed by atoms with E-state index >= 15 is 0 Å². The number of rotatable bonds is 6. The number of halogens is 1. The van der Waals surface area contributed by atoms with Gasteiger partial charge in [-0.25, -0.2) is 0 Å². The molecule has 1 aromatic carbocycles. The minimum atomic E-state index is -0.140. The van der Waals surface area contributed by atoms with Crippen molar-refractivity contribution in [1.82, 2.24) is 15.0 Å². The molecular weight excluding hydrogens is 358 g/mol. The second-order valence-corrected chi connectivity index (χ2v) is 6.55. The van der Waals surface area contributed by atoms with Crippen molar-refractivity contribution < 1.29 is 9.32 Å². The van der Waals surface area contributed by atoms with E-state index in [9.17, 15) is 4.79 Å². The molecule has 0 N–H and O–H groups in total. The van der Waals surface area contributed by atoms with Crippen LogP contribution in [-0.4, -0.2) is 27.5 Å². The molecule has 5 nitrogen and oxygen atoms in total. The van der Waals surface area contributed by atoms with Crippen molar-refractivity contribution in [3.05, 3.63) is 64.3 Å². The summed E-state index contributed by atoms with van der Waals surface area (Å²) in [5, 5.41) is 6.52. The third-order valence-electron chi connectivity index (χ3n) is 3.54. The molecule has 0 aliphatic heterocycles. The van der Waals surface area contributed by atoms with Gasteiger partial charge in [0.25, 0.3) is 0 Å². The number of nitrogens with zero attached hydrogens (tertiary/aromatic N) is 3. The Balaban J connectivity index is 1.68. The van der Waals surface area contributed by atoms with E-state index in [1.165, 1.54) is 17.4 Å². The molecular formula is C18H16ClN3O2S. The minimum Gasteiger partial charge on any atom is -0.337 e. The predicted octanol–water partition coefficient (Wildman–Crippen LogP) is 4.51. The molecule has 0 atom stereocenters. The number of carbonyl (C=O) groups is 1. The second-order valence-electron chi connectivity index (χ2n) is 5.20. The zero-order chi connectivity index (χ0) is 17.6. The topological polar surface area (TPSA) is 59.2 Å². The van der Waals surface area contributed by atoms with Gasteiger partial charge in [0.05, 0.1) is 4.88 Å². The van der Waals surface area contributed by atoms with Crippen LogP contribution in [0.1, 0.15) is 18.4 Å². The quantitative estimate of drug-likeness (QED) is 0.596. The van der Waals surface area contributed by atoms with E-state index in [2.05, 4.69) is 10.1 Å². The maximum Gasteiger partial charge on any atom is 0.247 e.